The molecule has 2 heteroatoms. The lowest BCUT2D eigenvalue weighted by atomic mass is 9.89. The number of benzene rings is 2. The largest absolute Gasteiger partial charge is 0.305 e. The van der Waals surface area contributed by atoms with E-state index in [1.165, 1.54) is 11.1 Å². The summed E-state index contributed by atoms with van der Waals surface area (Å²) in [5, 5.41) is 0. The Morgan fingerprint density at radius 2 is 1.59 bits per heavy atom. The smallest absolute Gasteiger partial charge is 0.166 e. The number of ketones is 1. The van der Waals surface area contributed by atoms with E-state index in [1.807, 2.05) is 44.4 Å². The van der Waals surface area contributed by atoms with Crippen LogP contribution in [0.1, 0.15) is 34.8 Å². The molecule has 2 rings (SSSR count). The molecule has 0 spiro atoms. The van der Waals surface area contributed by atoms with Crippen LogP contribution in [0.2, 0.25) is 0 Å². The molecular formula is C20H25NO. The van der Waals surface area contributed by atoms with Crippen molar-refractivity contribution in [1.29, 1.82) is 0 Å². The molecule has 0 saturated carbocycles. The molecule has 22 heavy (non-hydrogen) atoms. The predicted molar refractivity (Wildman–Crippen MR) is 92.1 cm³/mol. The minimum Gasteiger partial charge on any atom is -0.305 e. The zero-order chi connectivity index (χ0) is 15.9. The van der Waals surface area contributed by atoms with Crippen LogP contribution in [0.15, 0.2) is 54.6 Å². The van der Waals surface area contributed by atoms with Gasteiger partial charge in [-0.25, -0.2) is 0 Å². The normalized spacial score (nSPS) is 12.4. The van der Waals surface area contributed by atoms with E-state index in [-0.39, 0.29) is 11.7 Å². The second-order valence-electron chi connectivity index (χ2n) is 6.09. The van der Waals surface area contributed by atoms with Gasteiger partial charge in [0.2, 0.25) is 0 Å². The monoisotopic (exact) mass is 295 g/mol. The summed E-state index contributed by atoms with van der Waals surface area (Å²) in [5.74, 6) is 0.310. The highest BCUT2D eigenvalue weighted by atomic mass is 16.1. The first-order valence-electron chi connectivity index (χ1n) is 7.92. The molecule has 0 aliphatic heterocycles. The van der Waals surface area contributed by atoms with Gasteiger partial charge in [-0.15, -0.1) is 0 Å². The van der Waals surface area contributed by atoms with E-state index in [0.717, 1.165) is 24.9 Å². The lowest BCUT2D eigenvalue weighted by molar-refractivity contribution is 0.0916. The van der Waals surface area contributed by atoms with Gasteiger partial charge in [-0.2, -0.15) is 0 Å². The molecule has 0 saturated heterocycles. The average molecular weight is 295 g/mol. The number of carbonyl (C=O) groups excluding carboxylic acids is 1. The highest BCUT2D eigenvalue weighted by molar-refractivity contribution is 5.98. The molecule has 2 nitrogen and oxygen atoms in total. The fourth-order valence-corrected chi connectivity index (χ4v) is 2.70. The van der Waals surface area contributed by atoms with Crippen LogP contribution in [-0.4, -0.2) is 24.8 Å². The van der Waals surface area contributed by atoms with Crippen LogP contribution >= 0.6 is 0 Å². The standard InChI is InChI=1S/C20H25NO/c1-4-18(14-16-8-6-5-7-9-16)20(22)19-12-10-17(11-13-19)15-21(2)3/h5-13,18H,4,14-15H2,1-3H3. The zero-order valence-electron chi connectivity index (χ0n) is 13.8. The van der Waals surface area contributed by atoms with Crippen LogP contribution < -0.4 is 0 Å². The van der Waals surface area contributed by atoms with Crippen molar-refractivity contribution < 1.29 is 4.79 Å². The Hall–Kier alpha value is -1.93. The summed E-state index contributed by atoms with van der Waals surface area (Å²) in [7, 11) is 4.10. The Bertz CT molecular complexity index is 587. The first kappa shape index (κ1) is 16.4. The summed E-state index contributed by atoms with van der Waals surface area (Å²) in [6.07, 6.45) is 1.68. The highest BCUT2D eigenvalue weighted by Gasteiger charge is 2.18. The number of hydrogen-bond acceptors (Lipinski definition) is 2. The zero-order valence-corrected chi connectivity index (χ0v) is 13.8. The quantitative estimate of drug-likeness (QED) is 0.714. The summed E-state index contributed by atoms with van der Waals surface area (Å²) < 4.78 is 0. The number of rotatable bonds is 7. The van der Waals surface area contributed by atoms with Crippen molar-refractivity contribution in [2.24, 2.45) is 5.92 Å². The van der Waals surface area contributed by atoms with Crippen molar-refractivity contribution >= 4 is 5.78 Å². The van der Waals surface area contributed by atoms with E-state index in [0.29, 0.717) is 0 Å². The van der Waals surface area contributed by atoms with Gasteiger partial charge in [0.05, 0.1) is 0 Å². The highest BCUT2D eigenvalue weighted by Crippen LogP contribution is 2.18. The molecule has 0 bridgehead atoms. The number of carbonyl (C=O) groups is 1. The number of nitrogens with zero attached hydrogens (tertiary/aromatic N) is 1. The molecule has 0 aliphatic rings. The Morgan fingerprint density at radius 1 is 0.955 bits per heavy atom. The van der Waals surface area contributed by atoms with Crippen molar-refractivity contribution in [1.82, 2.24) is 4.90 Å². The molecule has 0 N–H and O–H groups in total. The summed E-state index contributed by atoms with van der Waals surface area (Å²) in [5.41, 5.74) is 3.29. The topological polar surface area (TPSA) is 20.3 Å². The maximum absolute atomic E-state index is 12.7. The third-order valence-electron chi connectivity index (χ3n) is 3.93. The van der Waals surface area contributed by atoms with Crippen LogP contribution in [0, 0.1) is 5.92 Å². The van der Waals surface area contributed by atoms with Crippen molar-refractivity contribution in [3.05, 3.63) is 71.3 Å². The fraction of sp³-hybridized carbons (Fsp3) is 0.350. The molecule has 116 valence electrons. The molecular weight excluding hydrogens is 270 g/mol. The fourth-order valence-electron chi connectivity index (χ4n) is 2.70. The van der Waals surface area contributed by atoms with Crippen molar-refractivity contribution in [2.75, 3.05) is 14.1 Å². The molecule has 1 atom stereocenters. The Morgan fingerprint density at radius 3 is 2.14 bits per heavy atom. The summed E-state index contributed by atoms with van der Waals surface area (Å²) in [6, 6.07) is 18.3. The van der Waals surface area contributed by atoms with Crippen molar-refractivity contribution in [2.45, 2.75) is 26.3 Å². The van der Waals surface area contributed by atoms with Gasteiger partial charge in [0, 0.05) is 18.0 Å². The van der Waals surface area contributed by atoms with Crippen molar-refractivity contribution in [3.8, 4) is 0 Å². The van der Waals surface area contributed by atoms with E-state index in [1.54, 1.807) is 0 Å². The molecule has 0 aromatic heterocycles. The van der Waals surface area contributed by atoms with Gasteiger partial charge in [0.15, 0.2) is 5.78 Å². The van der Waals surface area contributed by atoms with Gasteiger partial charge in [0.1, 0.15) is 0 Å². The second-order valence-corrected chi connectivity index (χ2v) is 6.09. The van der Waals surface area contributed by atoms with Gasteiger partial charge in [-0.05, 0) is 38.1 Å². The second kappa shape index (κ2) is 7.90. The van der Waals surface area contributed by atoms with Gasteiger partial charge >= 0.3 is 0 Å². The maximum atomic E-state index is 12.7. The van der Waals surface area contributed by atoms with E-state index in [4.69, 9.17) is 0 Å². The van der Waals surface area contributed by atoms with E-state index in [2.05, 4.69) is 36.1 Å². The average Bonchev–Trinajstić information content (AvgIpc) is 2.53. The van der Waals surface area contributed by atoms with Crippen LogP contribution in [0.5, 0.6) is 0 Å². The van der Waals surface area contributed by atoms with Crippen molar-refractivity contribution in [3.63, 3.8) is 0 Å². The molecule has 1 unspecified atom stereocenters. The summed E-state index contributed by atoms with van der Waals surface area (Å²) in [6.45, 7) is 2.99. The molecule has 0 amide bonds. The number of hydrogen-bond donors (Lipinski definition) is 0. The Balaban J connectivity index is 2.08. The van der Waals surface area contributed by atoms with E-state index >= 15 is 0 Å². The Labute approximate surface area is 133 Å². The predicted octanol–water partition coefficient (Wildman–Crippen LogP) is 4.20. The molecule has 0 heterocycles. The molecule has 2 aromatic rings. The van der Waals surface area contributed by atoms with Gasteiger partial charge in [-0.1, -0.05) is 61.5 Å². The van der Waals surface area contributed by atoms with Gasteiger partial charge < -0.3 is 4.90 Å². The first-order chi connectivity index (χ1) is 10.6. The third-order valence-corrected chi connectivity index (χ3v) is 3.93. The Kier molecular flexibility index (Phi) is 5.91. The molecule has 0 radical (unpaired) electrons. The molecule has 0 aliphatic carbocycles. The van der Waals surface area contributed by atoms with Gasteiger partial charge in [-0.3, -0.25) is 4.79 Å². The molecule has 2 aromatic carbocycles. The van der Waals surface area contributed by atoms with Crippen LogP contribution in [0.25, 0.3) is 0 Å². The summed E-state index contributed by atoms with van der Waals surface area (Å²) in [4.78, 5) is 14.8. The van der Waals surface area contributed by atoms with Crippen LogP contribution in [0.3, 0.4) is 0 Å². The lowest BCUT2D eigenvalue weighted by Crippen LogP contribution is -2.17. The molecule has 0 fully saturated rings. The van der Waals surface area contributed by atoms with E-state index < -0.39 is 0 Å². The SMILES string of the molecule is CCC(Cc1ccccc1)C(=O)c1ccc(CN(C)C)cc1. The third kappa shape index (κ3) is 4.54. The minimum atomic E-state index is 0.0575. The van der Waals surface area contributed by atoms with E-state index in [9.17, 15) is 4.79 Å². The lowest BCUT2D eigenvalue weighted by Gasteiger charge is -2.15. The number of Topliss-reactive ketones (excluding diaryl/α,β-unsaturated/α-hetero) is 1. The first-order valence-corrected chi connectivity index (χ1v) is 7.92. The maximum Gasteiger partial charge on any atom is 0.166 e. The summed E-state index contributed by atoms with van der Waals surface area (Å²) >= 11 is 0. The van der Waals surface area contributed by atoms with Gasteiger partial charge in [0.25, 0.3) is 0 Å². The van der Waals surface area contributed by atoms with Crippen LogP contribution in [-0.2, 0) is 13.0 Å². The minimum absolute atomic E-state index is 0.0575. The van der Waals surface area contributed by atoms with Crippen LogP contribution in [0.4, 0.5) is 0 Å².